The second kappa shape index (κ2) is 10.1. The van der Waals surface area contributed by atoms with Gasteiger partial charge in [0.15, 0.2) is 5.82 Å². The number of likely N-dealkylation sites (N-methyl/N-ethyl adjacent to an activating group) is 1. The number of carbonyl (C=O) groups is 2. The molecular weight excluding hydrogens is 555 g/mol. The molecule has 216 valence electrons. The van der Waals surface area contributed by atoms with Gasteiger partial charge in [-0.2, -0.15) is 31.4 Å². The van der Waals surface area contributed by atoms with Crippen LogP contribution in [-0.4, -0.2) is 86.8 Å². The Labute approximate surface area is 221 Å². The predicted octanol–water partition coefficient (Wildman–Crippen LogP) is 3.22. The van der Waals surface area contributed by atoms with Gasteiger partial charge in [-0.3, -0.25) is 9.59 Å². The molecule has 0 radical (unpaired) electrons. The van der Waals surface area contributed by atoms with E-state index in [0.717, 1.165) is 34.1 Å². The lowest BCUT2D eigenvalue weighted by Gasteiger charge is -2.27. The maximum absolute atomic E-state index is 14.9. The quantitative estimate of drug-likeness (QED) is 0.463. The number of fused-ring (bicyclic) bond motifs is 1. The number of hydrogen-bond acceptors (Lipinski definition) is 7. The van der Waals surface area contributed by atoms with E-state index >= 15 is 0 Å². The lowest BCUT2D eigenvalue weighted by Crippen LogP contribution is -2.44. The molecule has 0 aromatic carbocycles. The molecule has 3 aromatic heterocycles. The summed E-state index contributed by atoms with van der Waals surface area (Å²) < 4.78 is 101. The number of nitrogens with zero attached hydrogens (tertiary/aromatic N) is 6. The third-order valence-corrected chi connectivity index (χ3v) is 6.67. The van der Waals surface area contributed by atoms with Gasteiger partial charge in [-0.1, -0.05) is 0 Å². The summed E-state index contributed by atoms with van der Waals surface area (Å²) in [6.45, 7) is -0.505. The molecule has 2 amide bonds. The Morgan fingerprint density at radius 1 is 1.15 bits per heavy atom. The minimum Gasteiger partial charge on any atom is -0.480 e. The number of hydrogen-bond donors (Lipinski definition) is 1. The number of likely N-dealkylation sites (tertiary alicyclic amines) is 1. The second-order valence-corrected chi connectivity index (χ2v) is 9.13. The van der Waals surface area contributed by atoms with Crippen molar-refractivity contribution < 1.29 is 45.1 Å². The number of alkyl halides is 7. The van der Waals surface area contributed by atoms with Crippen LogP contribution in [0.5, 0.6) is 5.88 Å². The van der Waals surface area contributed by atoms with E-state index in [1.807, 2.05) is 0 Å². The minimum absolute atomic E-state index is 0.0137. The molecule has 1 aliphatic rings. The number of aromatic nitrogens is 4. The van der Waals surface area contributed by atoms with Crippen molar-refractivity contribution in [3.05, 3.63) is 35.8 Å². The first-order valence-electron chi connectivity index (χ1n) is 11.6. The van der Waals surface area contributed by atoms with Crippen molar-refractivity contribution in [3.8, 4) is 17.1 Å². The van der Waals surface area contributed by atoms with E-state index in [1.54, 1.807) is 0 Å². The summed E-state index contributed by atoms with van der Waals surface area (Å²) in [5, 5.41) is 3.84. The first-order valence-corrected chi connectivity index (χ1v) is 11.6. The van der Waals surface area contributed by atoms with Crippen molar-refractivity contribution in [1.29, 1.82) is 0 Å². The zero-order valence-electron chi connectivity index (χ0n) is 21.1. The number of anilines is 1. The molecule has 0 bridgehead atoms. The van der Waals surface area contributed by atoms with Gasteiger partial charge < -0.3 is 20.3 Å². The number of halogens is 7. The van der Waals surface area contributed by atoms with Gasteiger partial charge in [0.1, 0.15) is 29.5 Å². The van der Waals surface area contributed by atoms with E-state index in [2.05, 4.69) is 15.1 Å². The fraction of sp³-hybridized carbons (Fsp3) is 0.435. The highest BCUT2D eigenvalue weighted by atomic mass is 19.4. The number of ether oxygens (including phenoxy) is 1. The van der Waals surface area contributed by atoms with Crippen LogP contribution in [0.2, 0.25) is 0 Å². The molecule has 4 rings (SSSR count). The fourth-order valence-electron chi connectivity index (χ4n) is 4.44. The van der Waals surface area contributed by atoms with Crippen molar-refractivity contribution in [2.45, 2.75) is 31.5 Å². The fourth-order valence-corrected chi connectivity index (χ4v) is 4.44. The van der Waals surface area contributed by atoms with Crippen LogP contribution < -0.4 is 10.5 Å². The summed E-state index contributed by atoms with van der Waals surface area (Å²) >= 11 is 0. The second-order valence-electron chi connectivity index (χ2n) is 9.13. The van der Waals surface area contributed by atoms with Gasteiger partial charge in [0, 0.05) is 25.4 Å². The highest BCUT2D eigenvalue weighted by Gasteiger charge is 2.47. The molecule has 17 heteroatoms. The van der Waals surface area contributed by atoms with Gasteiger partial charge in [0.2, 0.25) is 11.8 Å². The predicted molar refractivity (Wildman–Crippen MR) is 125 cm³/mol. The van der Waals surface area contributed by atoms with Crippen molar-refractivity contribution in [2.24, 2.45) is 5.92 Å². The first kappa shape index (κ1) is 28.8. The topological polar surface area (TPSA) is 119 Å². The number of amides is 2. The Hall–Kier alpha value is -4.18. The maximum Gasteiger partial charge on any atom is 0.418 e. The molecule has 10 nitrogen and oxygen atoms in total. The number of methoxy groups -OCH3 is 1. The highest BCUT2D eigenvalue weighted by Crippen LogP contribution is 2.39. The molecule has 0 unspecified atom stereocenters. The van der Waals surface area contributed by atoms with Gasteiger partial charge >= 0.3 is 12.4 Å². The third-order valence-electron chi connectivity index (χ3n) is 6.67. The number of nitrogens with two attached hydrogens (primary N) is 1. The summed E-state index contributed by atoms with van der Waals surface area (Å²) in [7, 11) is 2.35. The van der Waals surface area contributed by atoms with Crippen LogP contribution in [-0.2, 0) is 11.0 Å². The van der Waals surface area contributed by atoms with Gasteiger partial charge in [0.25, 0.3) is 5.91 Å². The maximum atomic E-state index is 14.9. The standard InChI is InChI=1S/C23H22F7N7O3/c1-10(22(25,26)27)20(38)36-7-14(24)16(8-36)35(2)21(39)12-4-11(6-32-19(12)40-3)15-5-13(23(28,29)30)17-18(31)33-9-34-37(15)17/h4-6,9-10,14,16H,7-8H2,1-3H3,(H2,31,33,34)/t10-,14-,16+/m0/s1. The van der Waals surface area contributed by atoms with Crippen LogP contribution in [0.3, 0.4) is 0 Å². The van der Waals surface area contributed by atoms with Crippen molar-refractivity contribution in [3.63, 3.8) is 0 Å². The Morgan fingerprint density at radius 3 is 2.42 bits per heavy atom. The molecule has 4 heterocycles. The minimum atomic E-state index is -4.83. The van der Waals surface area contributed by atoms with E-state index in [0.29, 0.717) is 11.8 Å². The molecule has 0 spiro atoms. The Bertz CT molecular complexity index is 1460. The van der Waals surface area contributed by atoms with Crippen LogP contribution in [0.25, 0.3) is 16.8 Å². The molecular formula is C23H22F7N7O3. The summed E-state index contributed by atoms with van der Waals surface area (Å²) in [5.74, 6) is -5.29. The van der Waals surface area contributed by atoms with Crippen LogP contribution in [0, 0.1) is 5.92 Å². The van der Waals surface area contributed by atoms with Crippen molar-refractivity contribution >= 4 is 23.1 Å². The molecule has 40 heavy (non-hydrogen) atoms. The van der Waals surface area contributed by atoms with E-state index in [-0.39, 0.29) is 22.7 Å². The lowest BCUT2D eigenvalue weighted by atomic mass is 10.1. The Morgan fingerprint density at radius 2 is 1.82 bits per heavy atom. The highest BCUT2D eigenvalue weighted by molar-refractivity contribution is 5.98. The molecule has 3 aromatic rings. The van der Waals surface area contributed by atoms with E-state index in [9.17, 15) is 40.3 Å². The van der Waals surface area contributed by atoms with Crippen molar-refractivity contribution in [1.82, 2.24) is 29.4 Å². The average Bonchev–Trinajstić information content (AvgIpc) is 3.48. The van der Waals surface area contributed by atoms with Gasteiger partial charge in [-0.15, -0.1) is 0 Å². The smallest absolute Gasteiger partial charge is 0.418 e. The number of rotatable bonds is 5. The number of pyridine rings is 1. The number of carbonyl (C=O) groups excluding carboxylic acids is 2. The molecule has 1 saturated heterocycles. The molecule has 1 aliphatic heterocycles. The Kier molecular flexibility index (Phi) is 7.27. The summed E-state index contributed by atoms with van der Waals surface area (Å²) in [4.78, 5) is 34.8. The lowest BCUT2D eigenvalue weighted by molar-refractivity contribution is -0.185. The van der Waals surface area contributed by atoms with Crippen LogP contribution in [0.15, 0.2) is 24.7 Å². The van der Waals surface area contributed by atoms with Gasteiger partial charge in [-0.25, -0.2) is 18.9 Å². The summed E-state index contributed by atoms with van der Waals surface area (Å²) in [6, 6.07) is 0.590. The van der Waals surface area contributed by atoms with Crippen LogP contribution in [0.1, 0.15) is 22.8 Å². The monoisotopic (exact) mass is 577 g/mol. The van der Waals surface area contributed by atoms with Crippen LogP contribution in [0.4, 0.5) is 36.6 Å². The molecule has 0 aliphatic carbocycles. The van der Waals surface area contributed by atoms with E-state index in [1.165, 1.54) is 14.2 Å². The summed E-state index contributed by atoms with van der Waals surface area (Å²) in [5.41, 5.74) is 3.57. The number of nitrogen functional groups attached to an aromatic ring is 1. The average molecular weight is 577 g/mol. The molecule has 3 atom stereocenters. The largest absolute Gasteiger partial charge is 0.480 e. The van der Waals surface area contributed by atoms with Gasteiger partial charge in [-0.05, 0) is 19.1 Å². The van der Waals surface area contributed by atoms with E-state index < -0.39 is 72.3 Å². The first-order chi connectivity index (χ1) is 18.6. The molecule has 2 N–H and O–H groups in total. The molecule has 1 fully saturated rings. The molecule has 0 saturated carbocycles. The third kappa shape index (κ3) is 5.06. The van der Waals surface area contributed by atoms with Crippen LogP contribution >= 0.6 is 0 Å². The van der Waals surface area contributed by atoms with Gasteiger partial charge in [0.05, 0.1) is 31.0 Å². The SMILES string of the molecule is COc1ncc(-c2cc(C(F)(F)F)c3c(N)ncnn23)cc1C(=O)N(C)[C@@H]1CN(C(=O)[C@H](C)C(F)(F)F)C[C@@H]1F. The Balaban J connectivity index is 1.69. The normalized spacial score (nSPS) is 18.7. The summed E-state index contributed by atoms with van der Waals surface area (Å²) in [6.07, 6.45) is -9.46. The zero-order chi connectivity index (χ0) is 29.7. The zero-order valence-corrected chi connectivity index (χ0v) is 21.1. The van der Waals surface area contributed by atoms with E-state index in [4.69, 9.17) is 10.5 Å². The van der Waals surface area contributed by atoms with Crippen molar-refractivity contribution in [2.75, 3.05) is 33.0 Å².